The highest BCUT2D eigenvalue weighted by Crippen LogP contribution is 2.26. The van der Waals surface area contributed by atoms with Crippen LogP contribution in [0.1, 0.15) is 23.7 Å². The molecular weight excluding hydrogens is 376 g/mol. The third kappa shape index (κ3) is 5.08. The number of benzene rings is 2. The van der Waals surface area contributed by atoms with Gasteiger partial charge in [-0.15, -0.1) is 0 Å². The molecule has 1 atom stereocenters. The largest absolute Gasteiger partial charge is 0.387 e. The first-order chi connectivity index (χ1) is 11.4. The fraction of sp³-hybridized carbons (Fsp3) is 0.235. The van der Waals surface area contributed by atoms with Crippen molar-refractivity contribution in [3.8, 4) is 0 Å². The Balaban J connectivity index is 1.84. The molecule has 128 valence electrons. The molecule has 2 aromatic rings. The number of rotatable bonds is 6. The van der Waals surface area contributed by atoms with E-state index in [0.29, 0.717) is 22.0 Å². The molecule has 0 aliphatic carbocycles. The smallest absolute Gasteiger partial charge is 0.220 e. The molecule has 7 heteroatoms. The van der Waals surface area contributed by atoms with Gasteiger partial charge in [0.15, 0.2) is 0 Å². The van der Waals surface area contributed by atoms with Crippen molar-refractivity contribution in [2.45, 2.75) is 18.9 Å². The number of hydrogen-bond acceptors (Lipinski definition) is 2. The van der Waals surface area contributed by atoms with Crippen molar-refractivity contribution in [3.63, 3.8) is 0 Å². The average molecular weight is 391 g/mol. The van der Waals surface area contributed by atoms with Crippen molar-refractivity contribution in [2.75, 3.05) is 6.54 Å². The summed E-state index contributed by atoms with van der Waals surface area (Å²) in [6.45, 7) is -0.0246. The topological polar surface area (TPSA) is 49.3 Å². The lowest BCUT2D eigenvalue weighted by molar-refractivity contribution is -0.121. The van der Waals surface area contributed by atoms with Crippen LogP contribution in [0.3, 0.4) is 0 Å². The summed E-state index contributed by atoms with van der Waals surface area (Å²) >= 11 is 17.6. The third-order valence-corrected chi connectivity index (χ3v) is 4.64. The highest BCUT2D eigenvalue weighted by Gasteiger charge is 2.12. The monoisotopic (exact) mass is 389 g/mol. The molecule has 3 nitrogen and oxygen atoms in total. The summed E-state index contributed by atoms with van der Waals surface area (Å²) in [7, 11) is 0. The van der Waals surface area contributed by atoms with Crippen LogP contribution in [-0.2, 0) is 11.2 Å². The van der Waals surface area contributed by atoms with E-state index in [2.05, 4.69) is 5.32 Å². The minimum atomic E-state index is -1.02. The molecular formula is C17H15Cl3FNO2. The van der Waals surface area contributed by atoms with Crippen molar-refractivity contribution >= 4 is 40.7 Å². The molecule has 0 aliphatic rings. The molecule has 0 fully saturated rings. The molecule has 0 bridgehead atoms. The maximum absolute atomic E-state index is 13.4. The highest BCUT2D eigenvalue weighted by molar-refractivity contribution is 6.42. The Labute approximate surface area is 154 Å². The van der Waals surface area contributed by atoms with Crippen LogP contribution in [-0.4, -0.2) is 17.6 Å². The lowest BCUT2D eigenvalue weighted by Gasteiger charge is -2.13. The number of halogens is 4. The lowest BCUT2D eigenvalue weighted by atomic mass is 10.1. The molecule has 0 aliphatic heterocycles. The van der Waals surface area contributed by atoms with Gasteiger partial charge in [0.25, 0.3) is 0 Å². The van der Waals surface area contributed by atoms with E-state index in [1.807, 2.05) is 0 Å². The van der Waals surface area contributed by atoms with Crippen LogP contribution >= 0.6 is 34.8 Å². The van der Waals surface area contributed by atoms with E-state index in [-0.39, 0.29) is 23.9 Å². The normalized spacial score (nSPS) is 12.0. The quantitative estimate of drug-likeness (QED) is 0.759. The van der Waals surface area contributed by atoms with Crippen LogP contribution in [0.5, 0.6) is 0 Å². The zero-order valence-electron chi connectivity index (χ0n) is 12.5. The van der Waals surface area contributed by atoms with Crippen molar-refractivity contribution in [3.05, 3.63) is 68.4 Å². The molecule has 0 heterocycles. The van der Waals surface area contributed by atoms with E-state index < -0.39 is 11.9 Å². The van der Waals surface area contributed by atoms with Crippen LogP contribution in [0.15, 0.2) is 36.4 Å². The summed E-state index contributed by atoms with van der Waals surface area (Å²) in [6, 6.07) is 9.25. The van der Waals surface area contributed by atoms with Crippen LogP contribution in [0.2, 0.25) is 15.1 Å². The van der Waals surface area contributed by atoms with Gasteiger partial charge in [-0.25, -0.2) is 4.39 Å². The summed E-state index contributed by atoms with van der Waals surface area (Å²) in [5.41, 5.74) is 1.12. The summed E-state index contributed by atoms with van der Waals surface area (Å²) in [5, 5.41) is 13.4. The Morgan fingerprint density at radius 3 is 2.62 bits per heavy atom. The Hall–Kier alpha value is -1.33. The first-order valence-corrected chi connectivity index (χ1v) is 8.34. The number of aryl methyl sites for hydroxylation is 1. The molecule has 0 aromatic heterocycles. The first-order valence-electron chi connectivity index (χ1n) is 7.21. The number of carbonyl (C=O) groups excluding carboxylic acids is 1. The molecule has 0 saturated carbocycles. The number of aliphatic hydroxyl groups excluding tert-OH is 1. The first kappa shape index (κ1) is 19.0. The third-order valence-electron chi connectivity index (χ3n) is 3.47. The van der Waals surface area contributed by atoms with Gasteiger partial charge in [-0.3, -0.25) is 4.79 Å². The molecule has 2 rings (SSSR count). The summed E-state index contributed by atoms with van der Waals surface area (Å²) in [6.07, 6.45) is -0.394. The van der Waals surface area contributed by atoms with Crippen molar-refractivity contribution in [2.24, 2.45) is 0 Å². The minimum absolute atomic E-state index is 0.0200. The minimum Gasteiger partial charge on any atom is -0.387 e. The average Bonchev–Trinajstić information content (AvgIpc) is 2.56. The highest BCUT2D eigenvalue weighted by atomic mass is 35.5. The molecule has 2 aromatic carbocycles. The van der Waals surface area contributed by atoms with Gasteiger partial charge in [-0.2, -0.15) is 0 Å². The zero-order valence-corrected chi connectivity index (χ0v) is 14.8. The summed E-state index contributed by atoms with van der Waals surface area (Å²) in [4.78, 5) is 11.9. The van der Waals surface area contributed by atoms with Gasteiger partial charge in [0.2, 0.25) is 5.91 Å². The van der Waals surface area contributed by atoms with Gasteiger partial charge in [0.05, 0.1) is 21.2 Å². The van der Waals surface area contributed by atoms with E-state index in [4.69, 9.17) is 34.8 Å². The van der Waals surface area contributed by atoms with Gasteiger partial charge >= 0.3 is 0 Å². The standard InChI is InChI=1S/C17H15Cl3FNO2/c18-12-6-4-11(8-14(12)21)15(23)9-22-16(24)7-5-10-2-1-3-13(19)17(10)20/h1-4,6,8,15,23H,5,7,9H2,(H,22,24)/t15-/m0/s1. The molecule has 1 amide bonds. The molecule has 2 N–H and O–H groups in total. The second-order valence-corrected chi connectivity index (χ2v) is 6.40. The van der Waals surface area contributed by atoms with Gasteiger partial charge < -0.3 is 10.4 Å². The molecule has 0 unspecified atom stereocenters. The molecule has 24 heavy (non-hydrogen) atoms. The number of nitrogens with one attached hydrogen (secondary N) is 1. The van der Waals surface area contributed by atoms with Gasteiger partial charge in [-0.1, -0.05) is 53.0 Å². The molecule has 0 radical (unpaired) electrons. The Morgan fingerprint density at radius 2 is 1.92 bits per heavy atom. The van der Waals surface area contributed by atoms with Crippen LogP contribution in [0.25, 0.3) is 0 Å². The van der Waals surface area contributed by atoms with Crippen LogP contribution < -0.4 is 5.32 Å². The fourth-order valence-corrected chi connectivity index (χ4v) is 2.66. The van der Waals surface area contributed by atoms with E-state index in [0.717, 1.165) is 11.6 Å². The lowest BCUT2D eigenvalue weighted by Crippen LogP contribution is -2.28. The van der Waals surface area contributed by atoms with Crippen molar-refractivity contribution in [1.82, 2.24) is 5.32 Å². The number of aliphatic hydroxyl groups is 1. The molecule has 0 saturated heterocycles. The number of hydrogen-bond donors (Lipinski definition) is 2. The predicted octanol–water partition coefficient (Wildman–Crippen LogP) is 4.57. The SMILES string of the molecule is O=C(CCc1cccc(Cl)c1Cl)NC[C@H](O)c1ccc(Cl)c(F)c1. The van der Waals surface area contributed by atoms with E-state index in [1.54, 1.807) is 18.2 Å². The van der Waals surface area contributed by atoms with Gasteiger partial charge in [-0.05, 0) is 35.7 Å². The zero-order chi connectivity index (χ0) is 17.7. The predicted molar refractivity (Wildman–Crippen MR) is 94.2 cm³/mol. The van der Waals surface area contributed by atoms with Crippen molar-refractivity contribution < 1.29 is 14.3 Å². The van der Waals surface area contributed by atoms with Gasteiger partial charge in [0, 0.05) is 13.0 Å². The van der Waals surface area contributed by atoms with E-state index in [9.17, 15) is 14.3 Å². The van der Waals surface area contributed by atoms with Gasteiger partial charge in [0.1, 0.15) is 5.82 Å². The van der Waals surface area contributed by atoms with E-state index in [1.165, 1.54) is 12.1 Å². The Bertz CT molecular complexity index is 740. The summed E-state index contributed by atoms with van der Waals surface area (Å²) < 4.78 is 13.4. The number of carbonyl (C=O) groups is 1. The number of amides is 1. The second kappa shape index (κ2) is 8.67. The maximum Gasteiger partial charge on any atom is 0.220 e. The van der Waals surface area contributed by atoms with E-state index >= 15 is 0 Å². The van der Waals surface area contributed by atoms with Crippen LogP contribution in [0.4, 0.5) is 4.39 Å². The fourth-order valence-electron chi connectivity index (χ4n) is 2.13. The summed E-state index contributed by atoms with van der Waals surface area (Å²) in [5.74, 6) is -0.866. The van der Waals surface area contributed by atoms with Crippen molar-refractivity contribution in [1.29, 1.82) is 0 Å². The Kier molecular flexibility index (Phi) is 6.87. The maximum atomic E-state index is 13.4. The molecule has 0 spiro atoms. The second-order valence-electron chi connectivity index (χ2n) is 5.21. The van der Waals surface area contributed by atoms with Crippen LogP contribution in [0, 0.1) is 5.82 Å². The Morgan fingerprint density at radius 1 is 1.17 bits per heavy atom.